The van der Waals surface area contributed by atoms with Crippen molar-refractivity contribution in [3.05, 3.63) is 0 Å². The number of rotatable bonds is 3. The molecule has 1 saturated carbocycles. The smallest absolute Gasteiger partial charge is 0.109 e. The van der Waals surface area contributed by atoms with Crippen molar-refractivity contribution in [1.29, 1.82) is 0 Å². The Bertz CT molecular complexity index is 249. The summed E-state index contributed by atoms with van der Waals surface area (Å²) in [6, 6.07) is -0.0186. The van der Waals surface area contributed by atoms with Crippen molar-refractivity contribution in [3.63, 3.8) is 0 Å². The van der Waals surface area contributed by atoms with Crippen molar-refractivity contribution in [3.8, 4) is 0 Å². The van der Waals surface area contributed by atoms with Crippen molar-refractivity contribution in [2.75, 3.05) is 0 Å². The molecule has 5 unspecified atom stereocenters. The van der Waals surface area contributed by atoms with E-state index in [1.807, 2.05) is 0 Å². The van der Waals surface area contributed by atoms with Crippen LogP contribution in [0.5, 0.6) is 0 Å². The molecule has 0 aromatic carbocycles. The molecule has 1 saturated heterocycles. The molecule has 2 aliphatic rings. The minimum Gasteiger partial charge on any atom is -0.381 e. The SMILES string of the molecule is [B]C1OC2(CC(C)C)CC(C)C1C2C(C)C. The molecule has 2 heteroatoms. The molecule has 2 rings (SSSR count). The van der Waals surface area contributed by atoms with E-state index in [-0.39, 0.29) is 11.6 Å². The lowest BCUT2D eigenvalue weighted by atomic mass is 9.72. The van der Waals surface area contributed by atoms with Crippen LogP contribution in [-0.2, 0) is 4.74 Å². The van der Waals surface area contributed by atoms with Crippen LogP contribution in [0.1, 0.15) is 47.5 Å². The van der Waals surface area contributed by atoms with Gasteiger partial charge in [-0.3, -0.25) is 0 Å². The molecular weight excluding hydrogens is 195 g/mol. The minimum atomic E-state index is -0.0186. The van der Waals surface area contributed by atoms with Crippen molar-refractivity contribution in [1.82, 2.24) is 0 Å². The average Bonchev–Trinajstić information content (AvgIpc) is 2.49. The predicted octanol–water partition coefficient (Wildman–Crippen LogP) is 3.22. The molecule has 90 valence electrons. The van der Waals surface area contributed by atoms with Crippen LogP contribution in [0.3, 0.4) is 0 Å². The highest BCUT2D eigenvalue weighted by atomic mass is 16.5. The Morgan fingerprint density at radius 2 is 1.94 bits per heavy atom. The van der Waals surface area contributed by atoms with Crippen LogP contribution in [-0.4, -0.2) is 19.5 Å². The van der Waals surface area contributed by atoms with Gasteiger partial charge in [0, 0.05) is 6.00 Å². The fourth-order valence-electron chi connectivity index (χ4n) is 4.54. The Labute approximate surface area is 102 Å². The van der Waals surface area contributed by atoms with Crippen LogP contribution in [0.4, 0.5) is 0 Å². The van der Waals surface area contributed by atoms with Crippen LogP contribution in [0.25, 0.3) is 0 Å². The second-order valence-corrected chi connectivity index (χ2v) is 6.77. The first-order valence-corrected chi connectivity index (χ1v) is 6.81. The Morgan fingerprint density at radius 3 is 2.38 bits per heavy atom. The third-order valence-corrected chi connectivity index (χ3v) is 4.57. The summed E-state index contributed by atoms with van der Waals surface area (Å²) < 4.78 is 6.18. The summed E-state index contributed by atoms with van der Waals surface area (Å²) in [6.45, 7) is 11.6. The zero-order chi connectivity index (χ0) is 12.1. The molecule has 2 bridgehead atoms. The van der Waals surface area contributed by atoms with Crippen molar-refractivity contribution < 1.29 is 4.74 Å². The topological polar surface area (TPSA) is 9.23 Å². The third kappa shape index (κ3) is 1.74. The van der Waals surface area contributed by atoms with Gasteiger partial charge in [0.1, 0.15) is 7.85 Å². The Balaban J connectivity index is 2.28. The number of fused-ring (bicyclic) bond motifs is 2. The van der Waals surface area contributed by atoms with Crippen LogP contribution >= 0.6 is 0 Å². The van der Waals surface area contributed by atoms with E-state index in [9.17, 15) is 0 Å². The van der Waals surface area contributed by atoms with E-state index in [4.69, 9.17) is 12.6 Å². The van der Waals surface area contributed by atoms with Crippen LogP contribution in [0, 0.1) is 29.6 Å². The number of hydrogen-bond donors (Lipinski definition) is 0. The quantitative estimate of drug-likeness (QED) is 0.663. The van der Waals surface area contributed by atoms with Gasteiger partial charge >= 0.3 is 0 Å². The fraction of sp³-hybridized carbons (Fsp3) is 1.00. The van der Waals surface area contributed by atoms with Crippen molar-refractivity contribution in [2.24, 2.45) is 29.6 Å². The Hall–Kier alpha value is 0.0249. The first-order valence-electron chi connectivity index (χ1n) is 6.81. The van der Waals surface area contributed by atoms with Gasteiger partial charge < -0.3 is 4.74 Å². The Morgan fingerprint density at radius 1 is 1.31 bits per heavy atom. The highest BCUT2D eigenvalue weighted by Gasteiger charge is 2.61. The maximum Gasteiger partial charge on any atom is 0.109 e. The monoisotopic (exact) mass is 220 g/mol. The maximum atomic E-state index is 6.18. The number of ether oxygens (including phenoxy) is 1. The average molecular weight is 220 g/mol. The molecule has 0 amide bonds. The minimum absolute atomic E-state index is 0.0186. The van der Waals surface area contributed by atoms with Gasteiger partial charge in [0.15, 0.2) is 0 Å². The second kappa shape index (κ2) is 4.05. The molecule has 1 nitrogen and oxygen atoms in total. The van der Waals surface area contributed by atoms with E-state index in [2.05, 4.69) is 34.6 Å². The predicted molar refractivity (Wildman–Crippen MR) is 68.4 cm³/mol. The van der Waals surface area contributed by atoms with E-state index in [1.54, 1.807) is 0 Å². The highest BCUT2D eigenvalue weighted by Crippen LogP contribution is 2.59. The molecule has 16 heavy (non-hydrogen) atoms. The van der Waals surface area contributed by atoms with Gasteiger partial charge in [0.25, 0.3) is 0 Å². The second-order valence-electron chi connectivity index (χ2n) is 6.77. The molecule has 0 aromatic heterocycles. The summed E-state index contributed by atoms with van der Waals surface area (Å²) in [7, 11) is 6.18. The molecule has 0 aromatic rings. The molecule has 5 atom stereocenters. The summed E-state index contributed by atoms with van der Waals surface area (Å²) in [5.41, 5.74) is 0.0891. The van der Waals surface area contributed by atoms with E-state index in [0.29, 0.717) is 23.7 Å². The summed E-state index contributed by atoms with van der Waals surface area (Å²) in [5.74, 6) is 3.35. The molecule has 0 spiro atoms. The summed E-state index contributed by atoms with van der Waals surface area (Å²) >= 11 is 0. The van der Waals surface area contributed by atoms with Gasteiger partial charge in [-0.2, -0.15) is 0 Å². The largest absolute Gasteiger partial charge is 0.381 e. The van der Waals surface area contributed by atoms with Crippen molar-refractivity contribution >= 4 is 7.85 Å². The molecular formula is C14H25BO. The van der Waals surface area contributed by atoms with Gasteiger partial charge in [-0.1, -0.05) is 34.6 Å². The van der Waals surface area contributed by atoms with Crippen LogP contribution in [0.15, 0.2) is 0 Å². The van der Waals surface area contributed by atoms with E-state index < -0.39 is 0 Å². The molecule has 0 N–H and O–H groups in total. The molecule has 2 radical (unpaired) electrons. The fourth-order valence-corrected chi connectivity index (χ4v) is 4.54. The summed E-state index contributed by atoms with van der Waals surface area (Å²) in [5, 5.41) is 0. The van der Waals surface area contributed by atoms with E-state index in [0.717, 1.165) is 5.92 Å². The van der Waals surface area contributed by atoms with Crippen molar-refractivity contribution in [2.45, 2.75) is 59.1 Å². The summed E-state index contributed by atoms with van der Waals surface area (Å²) in [6.07, 6.45) is 2.39. The highest BCUT2D eigenvalue weighted by molar-refractivity contribution is 6.11. The first kappa shape index (κ1) is 12.5. The van der Waals surface area contributed by atoms with Crippen LogP contribution < -0.4 is 0 Å². The number of hydrogen-bond acceptors (Lipinski definition) is 1. The van der Waals surface area contributed by atoms with E-state index >= 15 is 0 Å². The summed E-state index contributed by atoms with van der Waals surface area (Å²) in [4.78, 5) is 0. The molecule has 2 fully saturated rings. The van der Waals surface area contributed by atoms with Gasteiger partial charge in [0.2, 0.25) is 0 Å². The zero-order valence-corrected chi connectivity index (χ0v) is 11.4. The van der Waals surface area contributed by atoms with Crippen LogP contribution in [0.2, 0.25) is 0 Å². The van der Waals surface area contributed by atoms with Gasteiger partial charge in [-0.15, -0.1) is 0 Å². The lowest BCUT2D eigenvalue weighted by Gasteiger charge is -2.36. The van der Waals surface area contributed by atoms with Gasteiger partial charge in [0.05, 0.1) is 5.60 Å². The first-order chi connectivity index (χ1) is 7.37. The zero-order valence-electron chi connectivity index (χ0n) is 11.4. The molecule has 1 aliphatic carbocycles. The molecule has 1 heterocycles. The maximum absolute atomic E-state index is 6.18. The third-order valence-electron chi connectivity index (χ3n) is 4.57. The lowest BCUT2D eigenvalue weighted by molar-refractivity contribution is -0.0763. The lowest BCUT2D eigenvalue weighted by Crippen LogP contribution is -2.38. The Kier molecular flexibility index (Phi) is 3.16. The van der Waals surface area contributed by atoms with Gasteiger partial charge in [-0.25, -0.2) is 0 Å². The standard InChI is InChI=1S/C14H25BO/c1-8(2)6-14-7-10(5)11(13(15)16-14)12(14)9(3)4/h8-13H,6-7H2,1-5H3. The van der Waals surface area contributed by atoms with E-state index in [1.165, 1.54) is 12.8 Å². The molecule has 1 aliphatic heterocycles. The normalized spacial score (nSPS) is 47.2. The van der Waals surface area contributed by atoms with Gasteiger partial charge in [-0.05, 0) is 42.4 Å².